The highest BCUT2D eigenvalue weighted by atomic mass is 35.5. The number of rotatable bonds is 5. The lowest BCUT2D eigenvalue weighted by molar-refractivity contribution is -0.121. The standard InChI is InChI=1S/C21H21ClN4OS/c22-18-11-5-4-9-16(18)13-26-12-6-10-17(14-26)19(27)23-21-25-24-20(28-21)15-7-2-1-3-8-15/h1-5,7-9,11,17H,6,10,12-14H2,(H,23,25,27)/t17-/m1/s1. The average Bonchev–Trinajstić information content (AvgIpc) is 3.19. The number of nitrogens with one attached hydrogen (secondary N) is 1. The van der Waals surface area contributed by atoms with E-state index in [2.05, 4.69) is 20.4 Å². The number of anilines is 1. The molecule has 0 bridgehead atoms. The van der Waals surface area contributed by atoms with Gasteiger partial charge in [0.1, 0.15) is 5.01 Å². The van der Waals surface area contributed by atoms with Crippen LogP contribution >= 0.6 is 22.9 Å². The number of aromatic nitrogens is 2. The van der Waals surface area contributed by atoms with E-state index >= 15 is 0 Å². The number of piperidine rings is 1. The molecule has 2 heterocycles. The zero-order valence-electron chi connectivity index (χ0n) is 15.3. The number of carbonyl (C=O) groups excluding carboxylic acids is 1. The van der Waals surface area contributed by atoms with E-state index in [0.717, 1.165) is 53.6 Å². The molecule has 1 aliphatic rings. The summed E-state index contributed by atoms with van der Waals surface area (Å²) in [7, 11) is 0. The predicted molar refractivity (Wildman–Crippen MR) is 113 cm³/mol. The topological polar surface area (TPSA) is 58.1 Å². The fourth-order valence-corrected chi connectivity index (χ4v) is 4.41. The van der Waals surface area contributed by atoms with Crippen molar-refractivity contribution in [3.63, 3.8) is 0 Å². The van der Waals surface area contributed by atoms with Crippen molar-refractivity contribution in [1.82, 2.24) is 15.1 Å². The van der Waals surface area contributed by atoms with Crippen LogP contribution in [0.4, 0.5) is 5.13 Å². The molecule has 4 rings (SSSR count). The Morgan fingerprint density at radius 3 is 2.75 bits per heavy atom. The molecule has 1 saturated heterocycles. The highest BCUT2D eigenvalue weighted by Crippen LogP contribution is 2.27. The van der Waals surface area contributed by atoms with E-state index in [9.17, 15) is 4.79 Å². The minimum Gasteiger partial charge on any atom is -0.300 e. The van der Waals surface area contributed by atoms with Gasteiger partial charge in [-0.15, -0.1) is 10.2 Å². The number of amides is 1. The molecule has 0 spiro atoms. The second-order valence-corrected chi connectivity index (χ2v) is 8.32. The van der Waals surface area contributed by atoms with E-state index in [-0.39, 0.29) is 11.8 Å². The zero-order valence-corrected chi connectivity index (χ0v) is 16.9. The highest BCUT2D eigenvalue weighted by molar-refractivity contribution is 7.18. The van der Waals surface area contributed by atoms with Crippen molar-refractivity contribution in [2.24, 2.45) is 5.92 Å². The Hall–Kier alpha value is -2.28. The maximum atomic E-state index is 12.8. The molecule has 144 valence electrons. The molecule has 7 heteroatoms. The van der Waals surface area contributed by atoms with Crippen LogP contribution in [-0.2, 0) is 11.3 Å². The Balaban J connectivity index is 1.37. The van der Waals surface area contributed by atoms with E-state index in [0.29, 0.717) is 5.13 Å². The fourth-order valence-electron chi connectivity index (χ4n) is 3.46. The summed E-state index contributed by atoms with van der Waals surface area (Å²) in [5.74, 6) is -0.0417. The van der Waals surface area contributed by atoms with Crippen LogP contribution in [0.2, 0.25) is 5.02 Å². The fraction of sp³-hybridized carbons (Fsp3) is 0.286. The summed E-state index contributed by atoms with van der Waals surface area (Å²) in [5, 5.41) is 13.4. The lowest BCUT2D eigenvalue weighted by Gasteiger charge is -2.32. The van der Waals surface area contributed by atoms with Crippen molar-refractivity contribution < 1.29 is 4.79 Å². The van der Waals surface area contributed by atoms with Crippen LogP contribution in [0.25, 0.3) is 10.6 Å². The van der Waals surface area contributed by atoms with Gasteiger partial charge in [0, 0.05) is 23.7 Å². The average molecular weight is 413 g/mol. The Morgan fingerprint density at radius 1 is 1.14 bits per heavy atom. The number of halogens is 1. The zero-order chi connectivity index (χ0) is 19.3. The minimum atomic E-state index is -0.0553. The van der Waals surface area contributed by atoms with Crippen LogP contribution in [0.5, 0.6) is 0 Å². The quantitative estimate of drug-likeness (QED) is 0.659. The molecule has 0 radical (unpaired) electrons. The monoisotopic (exact) mass is 412 g/mol. The molecule has 1 amide bonds. The molecule has 3 aromatic rings. The second kappa shape index (κ2) is 8.82. The Morgan fingerprint density at radius 2 is 1.93 bits per heavy atom. The van der Waals surface area contributed by atoms with Gasteiger partial charge in [-0.25, -0.2) is 0 Å². The summed E-state index contributed by atoms with van der Waals surface area (Å²) in [4.78, 5) is 15.0. The van der Waals surface area contributed by atoms with Gasteiger partial charge < -0.3 is 5.32 Å². The first-order valence-corrected chi connectivity index (χ1v) is 10.5. The molecule has 0 saturated carbocycles. The van der Waals surface area contributed by atoms with E-state index in [1.165, 1.54) is 11.3 Å². The molecule has 2 aromatic carbocycles. The van der Waals surface area contributed by atoms with Crippen molar-refractivity contribution in [2.75, 3.05) is 18.4 Å². The van der Waals surface area contributed by atoms with Crippen molar-refractivity contribution in [3.8, 4) is 10.6 Å². The van der Waals surface area contributed by atoms with Crippen molar-refractivity contribution >= 4 is 34.0 Å². The first kappa shape index (κ1) is 19.1. The number of nitrogens with zero attached hydrogens (tertiary/aromatic N) is 3. The summed E-state index contributed by atoms with van der Waals surface area (Å²) in [6, 6.07) is 17.7. The smallest absolute Gasteiger partial charge is 0.230 e. The number of benzene rings is 2. The first-order chi connectivity index (χ1) is 13.7. The van der Waals surface area contributed by atoms with Crippen LogP contribution in [-0.4, -0.2) is 34.1 Å². The molecular weight excluding hydrogens is 392 g/mol. The SMILES string of the molecule is O=C(Nc1nnc(-c2ccccc2)s1)[C@@H]1CCCN(Cc2ccccc2Cl)C1. The van der Waals surface area contributed by atoms with Crippen molar-refractivity contribution in [1.29, 1.82) is 0 Å². The van der Waals surface area contributed by atoms with E-state index in [1.807, 2.05) is 54.6 Å². The van der Waals surface area contributed by atoms with Crippen LogP contribution in [0.15, 0.2) is 54.6 Å². The molecule has 0 aliphatic carbocycles. The molecule has 1 atom stereocenters. The summed E-state index contributed by atoms with van der Waals surface area (Å²) in [6.45, 7) is 2.47. The van der Waals surface area contributed by atoms with Crippen LogP contribution < -0.4 is 5.32 Å². The molecular formula is C21H21ClN4OS. The largest absolute Gasteiger partial charge is 0.300 e. The van der Waals surface area contributed by atoms with Crippen molar-refractivity contribution in [3.05, 3.63) is 65.2 Å². The maximum absolute atomic E-state index is 12.8. The second-order valence-electron chi connectivity index (χ2n) is 6.93. The van der Waals surface area contributed by atoms with Crippen molar-refractivity contribution in [2.45, 2.75) is 19.4 Å². The lowest BCUT2D eigenvalue weighted by Crippen LogP contribution is -2.40. The molecule has 0 unspecified atom stereocenters. The van der Waals surface area contributed by atoms with Crippen LogP contribution in [0.1, 0.15) is 18.4 Å². The number of hydrogen-bond acceptors (Lipinski definition) is 5. The van der Waals surface area contributed by atoms with Crippen LogP contribution in [0, 0.1) is 5.92 Å². The van der Waals surface area contributed by atoms with E-state index in [1.54, 1.807) is 0 Å². The third-order valence-corrected chi connectivity index (χ3v) is 6.16. The van der Waals surface area contributed by atoms with Gasteiger partial charge >= 0.3 is 0 Å². The van der Waals surface area contributed by atoms with Gasteiger partial charge in [0.05, 0.1) is 5.92 Å². The summed E-state index contributed by atoms with van der Waals surface area (Å²) in [5.41, 5.74) is 2.10. The summed E-state index contributed by atoms with van der Waals surface area (Å²) < 4.78 is 0. The molecule has 1 N–H and O–H groups in total. The molecule has 1 fully saturated rings. The van der Waals surface area contributed by atoms with Gasteiger partial charge in [-0.3, -0.25) is 9.69 Å². The third kappa shape index (κ3) is 4.58. The Kier molecular flexibility index (Phi) is 6.00. The van der Waals surface area contributed by atoms with Gasteiger partial charge in [0.2, 0.25) is 11.0 Å². The molecule has 28 heavy (non-hydrogen) atoms. The highest BCUT2D eigenvalue weighted by Gasteiger charge is 2.27. The van der Waals surface area contributed by atoms with Gasteiger partial charge in [-0.05, 0) is 31.0 Å². The molecule has 1 aromatic heterocycles. The van der Waals surface area contributed by atoms with Gasteiger partial charge in [0.15, 0.2) is 0 Å². The predicted octanol–water partition coefficient (Wildman–Crippen LogP) is 4.71. The van der Waals surface area contributed by atoms with Crippen LogP contribution in [0.3, 0.4) is 0 Å². The third-order valence-electron chi connectivity index (χ3n) is 4.90. The summed E-state index contributed by atoms with van der Waals surface area (Å²) >= 11 is 7.68. The van der Waals surface area contributed by atoms with Gasteiger partial charge in [0.25, 0.3) is 0 Å². The van der Waals surface area contributed by atoms with E-state index in [4.69, 9.17) is 11.6 Å². The molecule has 1 aliphatic heterocycles. The van der Waals surface area contributed by atoms with Gasteiger partial charge in [-0.2, -0.15) is 0 Å². The maximum Gasteiger partial charge on any atom is 0.230 e. The summed E-state index contributed by atoms with van der Waals surface area (Å²) in [6.07, 6.45) is 1.88. The Bertz CT molecular complexity index is 946. The first-order valence-electron chi connectivity index (χ1n) is 9.34. The number of likely N-dealkylation sites (tertiary alicyclic amines) is 1. The number of hydrogen-bond donors (Lipinski definition) is 1. The lowest BCUT2D eigenvalue weighted by atomic mass is 9.97. The molecule has 5 nitrogen and oxygen atoms in total. The number of carbonyl (C=O) groups is 1. The van der Waals surface area contributed by atoms with Gasteiger partial charge in [-0.1, -0.05) is 71.5 Å². The minimum absolute atomic E-state index is 0.0135. The Labute approximate surface area is 173 Å². The van der Waals surface area contributed by atoms with E-state index < -0.39 is 0 Å². The normalized spacial score (nSPS) is 17.4.